The van der Waals surface area contributed by atoms with Gasteiger partial charge >= 0.3 is 0 Å². The third kappa shape index (κ3) is 4.43. The molecule has 0 radical (unpaired) electrons. The minimum Gasteiger partial charge on any atom is -0.497 e. The summed E-state index contributed by atoms with van der Waals surface area (Å²) in [7, 11) is 1.58. The average molecular weight is 315 g/mol. The number of methoxy groups -OCH3 is 1. The number of ether oxygens (including phenoxy) is 1. The Morgan fingerprint density at radius 1 is 1.14 bits per heavy atom. The zero-order valence-corrected chi connectivity index (χ0v) is 13.3. The van der Waals surface area contributed by atoms with E-state index in [0.717, 1.165) is 5.56 Å². The minimum atomic E-state index is -0.199. The molecule has 0 saturated heterocycles. The quantitative estimate of drug-likeness (QED) is 0.761. The van der Waals surface area contributed by atoms with E-state index in [4.69, 9.17) is 4.74 Å². The van der Waals surface area contributed by atoms with Crippen LogP contribution in [0.1, 0.15) is 34.5 Å². The van der Waals surface area contributed by atoms with Gasteiger partial charge in [-0.2, -0.15) is 0 Å². The van der Waals surface area contributed by atoms with E-state index in [1.165, 1.54) is 18.7 Å². The molecule has 1 aromatic heterocycles. The minimum absolute atomic E-state index is 0.00165. The molecule has 0 fully saturated rings. The maximum atomic E-state index is 12.4. The summed E-state index contributed by atoms with van der Waals surface area (Å²) in [5.74, 6) is 0.707. The number of hydrogen-bond donors (Lipinski definition) is 0. The maximum absolute atomic E-state index is 12.4. The number of thioether (sulfide) groups is 1. The molecule has 1 unspecified atom stereocenters. The molecule has 1 atom stereocenters. The van der Waals surface area contributed by atoms with Crippen LogP contribution in [0.3, 0.4) is 0 Å². The van der Waals surface area contributed by atoms with Gasteiger partial charge in [0.15, 0.2) is 10.9 Å². The highest BCUT2D eigenvalue weighted by atomic mass is 32.2. The molecule has 0 aliphatic heterocycles. The molecule has 0 spiro atoms. The van der Waals surface area contributed by atoms with Crippen molar-refractivity contribution in [3.05, 3.63) is 59.9 Å². The van der Waals surface area contributed by atoms with Gasteiger partial charge in [0, 0.05) is 36.6 Å². The molecular formula is C17H17NO3S. The van der Waals surface area contributed by atoms with E-state index in [1.54, 1.807) is 43.8 Å². The normalized spacial score (nSPS) is 11.7. The van der Waals surface area contributed by atoms with E-state index >= 15 is 0 Å². The number of Topliss-reactive ketones (excluding diaryl/α,β-unsaturated/α-hetero) is 1. The van der Waals surface area contributed by atoms with Crippen LogP contribution in [0.25, 0.3) is 0 Å². The SMILES string of the molecule is COc1ccc(C(=O)CC(SC(C)=O)c2ccncc2)cc1. The second-order valence-corrected chi connectivity index (χ2v) is 6.11. The lowest BCUT2D eigenvalue weighted by Crippen LogP contribution is -2.07. The van der Waals surface area contributed by atoms with Crippen LogP contribution in [0.5, 0.6) is 5.75 Å². The molecule has 22 heavy (non-hydrogen) atoms. The van der Waals surface area contributed by atoms with Gasteiger partial charge in [-0.3, -0.25) is 14.6 Å². The Balaban J connectivity index is 2.15. The predicted octanol–water partition coefficient (Wildman–Crippen LogP) is 3.68. The fourth-order valence-electron chi connectivity index (χ4n) is 2.07. The van der Waals surface area contributed by atoms with Crippen molar-refractivity contribution in [3.63, 3.8) is 0 Å². The summed E-state index contributed by atoms with van der Waals surface area (Å²) in [6.07, 6.45) is 3.60. The smallest absolute Gasteiger partial charge is 0.186 e. The van der Waals surface area contributed by atoms with Gasteiger partial charge in [-0.25, -0.2) is 0 Å². The Hall–Kier alpha value is -2.14. The van der Waals surface area contributed by atoms with Gasteiger partial charge in [0.25, 0.3) is 0 Å². The first-order valence-corrected chi connectivity index (χ1v) is 7.72. The molecule has 114 valence electrons. The second-order valence-electron chi connectivity index (χ2n) is 4.73. The number of pyridine rings is 1. The summed E-state index contributed by atoms with van der Waals surface area (Å²) < 4.78 is 5.08. The zero-order chi connectivity index (χ0) is 15.9. The highest BCUT2D eigenvalue weighted by Crippen LogP contribution is 2.33. The summed E-state index contributed by atoms with van der Waals surface area (Å²) in [5.41, 5.74) is 1.54. The molecule has 0 aliphatic rings. The molecule has 0 aliphatic carbocycles. The Morgan fingerprint density at radius 3 is 2.32 bits per heavy atom. The van der Waals surface area contributed by atoms with Crippen LogP contribution >= 0.6 is 11.8 Å². The van der Waals surface area contributed by atoms with E-state index in [0.29, 0.717) is 11.3 Å². The standard InChI is InChI=1S/C17H17NO3S/c1-12(19)22-17(14-7-9-18-10-8-14)11-16(20)13-3-5-15(21-2)6-4-13/h3-10,17H,11H2,1-2H3. The number of ketones is 1. The van der Waals surface area contributed by atoms with E-state index in [2.05, 4.69) is 4.98 Å². The van der Waals surface area contributed by atoms with Crippen molar-refractivity contribution < 1.29 is 14.3 Å². The topological polar surface area (TPSA) is 56.3 Å². The van der Waals surface area contributed by atoms with Crippen LogP contribution in [0, 0.1) is 0 Å². The Morgan fingerprint density at radius 2 is 1.77 bits per heavy atom. The van der Waals surface area contributed by atoms with Crippen molar-refractivity contribution in [2.45, 2.75) is 18.6 Å². The molecule has 1 aromatic carbocycles. The summed E-state index contributed by atoms with van der Waals surface area (Å²) in [6.45, 7) is 1.51. The van der Waals surface area contributed by atoms with E-state index in [1.807, 2.05) is 12.1 Å². The van der Waals surface area contributed by atoms with Crippen LogP contribution < -0.4 is 4.74 Å². The van der Waals surface area contributed by atoms with E-state index < -0.39 is 0 Å². The van der Waals surface area contributed by atoms with Crippen molar-refractivity contribution in [1.29, 1.82) is 0 Å². The highest BCUT2D eigenvalue weighted by molar-refractivity contribution is 8.13. The van der Waals surface area contributed by atoms with Gasteiger partial charge in [0.2, 0.25) is 0 Å². The lowest BCUT2D eigenvalue weighted by molar-refractivity contribution is -0.109. The molecule has 0 bridgehead atoms. The molecule has 5 heteroatoms. The van der Waals surface area contributed by atoms with Gasteiger partial charge in [-0.1, -0.05) is 11.8 Å². The summed E-state index contributed by atoms with van der Waals surface area (Å²) >= 11 is 1.17. The van der Waals surface area contributed by atoms with Gasteiger partial charge in [0.05, 0.1) is 7.11 Å². The van der Waals surface area contributed by atoms with Crippen molar-refractivity contribution in [2.75, 3.05) is 7.11 Å². The molecule has 4 nitrogen and oxygen atoms in total. The van der Waals surface area contributed by atoms with E-state index in [-0.39, 0.29) is 22.6 Å². The average Bonchev–Trinajstić information content (AvgIpc) is 2.54. The lowest BCUT2D eigenvalue weighted by atomic mass is 10.0. The largest absolute Gasteiger partial charge is 0.497 e. The molecule has 1 heterocycles. The van der Waals surface area contributed by atoms with Gasteiger partial charge in [0.1, 0.15) is 5.75 Å². The number of rotatable bonds is 6. The van der Waals surface area contributed by atoms with Crippen LogP contribution in [-0.4, -0.2) is 23.0 Å². The monoisotopic (exact) mass is 315 g/mol. The van der Waals surface area contributed by atoms with Crippen molar-refractivity contribution in [2.24, 2.45) is 0 Å². The van der Waals surface area contributed by atoms with Gasteiger partial charge < -0.3 is 4.74 Å². The number of hydrogen-bond acceptors (Lipinski definition) is 5. The fourth-order valence-corrected chi connectivity index (χ4v) is 3.00. The third-order valence-electron chi connectivity index (χ3n) is 3.17. The fraction of sp³-hybridized carbons (Fsp3) is 0.235. The molecular weight excluding hydrogens is 298 g/mol. The van der Waals surface area contributed by atoms with Crippen molar-refractivity contribution >= 4 is 22.7 Å². The Labute approximate surface area is 133 Å². The van der Waals surface area contributed by atoms with Crippen LogP contribution in [0.2, 0.25) is 0 Å². The van der Waals surface area contributed by atoms with Crippen LogP contribution in [0.15, 0.2) is 48.8 Å². The first-order chi connectivity index (χ1) is 10.6. The molecule has 0 N–H and O–H groups in total. The zero-order valence-electron chi connectivity index (χ0n) is 12.5. The van der Waals surface area contributed by atoms with E-state index in [9.17, 15) is 9.59 Å². The molecule has 2 aromatic rings. The number of carbonyl (C=O) groups is 2. The van der Waals surface area contributed by atoms with Gasteiger partial charge in [-0.15, -0.1) is 0 Å². The van der Waals surface area contributed by atoms with Crippen LogP contribution in [-0.2, 0) is 4.79 Å². The van der Waals surface area contributed by atoms with Gasteiger partial charge in [-0.05, 0) is 42.0 Å². The third-order valence-corrected chi connectivity index (χ3v) is 4.22. The Bertz CT molecular complexity index is 641. The highest BCUT2D eigenvalue weighted by Gasteiger charge is 2.19. The summed E-state index contributed by atoms with van der Waals surface area (Å²) in [6, 6.07) is 10.7. The van der Waals surface area contributed by atoms with Crippen LogP contribution in [0.4, 0.5) is 0 Å². The number of aromatic nitrogens is 1. The summed E-state index contributed by atoms with van der Waals surface area (Å²) in [5, 5.41) is -0.209. The summed E-state index contributed by atoms with van der Waals surface area (Å²) in [4.78, 5) is 27.8. The number of nitrogens with zero attached hydrogens (tertiary/aromatic N) is 1. The lowest BCUT2D eigenvalue weighted by Gasteiger charge is -2.14. The predicted molar refractivity (Wildman–Crippen MR) is 87.2 cm³/mol. The Kier molecular flexibility index (Phi) is 5.72. The first kappa shape index (κ1) is 16.2. The maximum Gasteiger partial charge on any atom is 0.186 e. The number of benzene rings is 1. The second kappa shape index (κ2) is 7.75. The van der Waals surface area contributed by atoms with Crippen molar-refractivity contribution in [3.8, 4) is 5.75 Å². The molecule has 0 saturated carbocycles. The van der Waals surface area contributed by atoms with Crippen molar-refractivity contribution in [1.82, 2.24) is 4.98 Å². The molecule has 2 rings (SSSR count). The number of carbonyl (C=O) groups excluding carboxylic acids is 2. The molecule has 0 amide bonds. The first-order valence-electron chi connectivity index (χ1n) is 6.84.